The third-order valence-corrected chi connectivity index (χ3v) is 4.91. The molecule has 0 bridgehead atoms. The van der Waals surface area contributed by atoms with E-state index >= 15 is 0 Å². The number of unbranched alkanes of at least 4 members (excludes halogenated alkanes) is 5. The molecule has 27 heavy (non-hydrogen) atoms. The molecule has 0 radical (unpaired) electrons. The van der Waals surface area contributed by atoms with Gasteiger partial charge in [-0.1, -0.05) is 39.5 Å². The highest BCUT2D eigenvalue weighted by Crippen LogP contribution is 2.18. The number of amides is 3. The maximum Gasteiger partial charge on any atom is 0.232 e. The van der Waals surface area contributed by atoms with Crippen LogP contribution in [0.1, 0.15) is 78.1 Å². The van der Waals surface area contributed by atoms with Crippen molar-refractivity contribution in [1.82, 2.24) is 15.5 Å². The predicted octanol–water partition coefficient (Wildman–Crippen LogP) is 1.94. The Kier molecular flexibility index (Phi) is 11.9. The molecule has 2 atom stereocenters. The molecule has 0 aromatic rings. The first kappa shape index (κ1) is 23.6. The monoisotopic (exact) mass is 383 g/mol. The average molecular weight is 384 g/mol. The summed E-state index contributed by atoms with van der Waals surface area (Å²) in [6.45, 7) is 5.60. The summed E-state index contributed by atoms with van der Waals surface area (Å²) < 4.78 is 0. The lowest BCUT2D eigenvalue weighted by Crippen LogP contribution is -2.37. The maximum atomic E-state index is 11.8. The molecule has 3 N–H and O–H groups in total. The molecule has 7 heteroatoms. The van der Waals surface area contributed by atoms with Crippen LogP contribution in [-0.4, -0.2) is 53.6 Å². The van der Waals surface area contributed by atoms with Crippen LogP contribution in [0.2, 0.25) is 0 Å². The predicted molar refractivity (Wildman–Crippen MR) is 105 cm³/mol. The van der Waals surface area contributed by atoms with Gasteiger partial charge >= 0.3 is 0 Å². The van der Waals surface area contributed by atoms with Crippen molar-refractivity contribution in [2.24, 2.45) is 5.92 Å². The van der Waals surface area contributed by atoms with E-state index in [0.717, 1.165) is 32.2 Å². The quantitative estimate of drug-likeness (QED) is 0.228. The van der Waals surface area contributed by atoms with E-state index in [9.17, 15) is 19.5 Å². The lowest BCUT2D eigenvalue weighted by atomic mass is 10.1. The number of imide groups is 1. The number of aliphatic hydroxyl groups is 1. The first-order valence-corrected chi connectivity index (χ1v) is 10.5. The Hall–Kier alpha value is -1.47. The van der Waals surface area contributed by atoms with Gasteiger partial charge in [0.15, 0.2) is 0 Å². The van der Waals surface area contributed by atoms with E-state index in [1.807, 2.05) is 0 Å². The summed E-state index contributed by atoms with van der Waals surface area (Å²) >= 11 is 0. The molecule has 0 aliphatic carbocycles. The summed E-state index contributed by atoms with van der Waals surface area (Å²) in [6, 6.07) is 0. The number of likely N-dealkylation sites (tertiary alicyclic amines) is 1. The van der Waals surface area contributed by atoms with Gasteiger partial charge in [-0.3, -0.25) is 24.6 Å². The molecule has 156 valence electrons. The molecular formula is C20H37N3O4. The molecule has 7 nitrogen and oxygen atoms in total. The van der Waals surface area contributed by atoms with Crippen LogP contribution in [0.3, 0.4) is 0 Å². The Morgan fingerprint density at radius 1 is 1.15 bits per heavy atom. The second-order valence-electron chi connectivity index (χ2n) is 7.47. The summed E-state index contributed by atoms with van der Waals surface area (Å²) in [4.78, 5) is 36.4. The lowest BCUT2D eigenvalue weighted by molar-refractivity contribution is -0.139. The topological polar surface area (TPSA) is 98.7 Å². The number of carbonyl (C=O) groups excluding carboxylic acids is 3. The van der Waals surface area contributed by atoms with Gasteiger partial charge in [0.25, 0.3) is 0 Å². The van der Waals surface area contributed by atoms with Crippen molar-refractivity contribution in [3.8, 4) is 0 Å². The molecule has 1 aliphatic rings. The summed E-state index contributed by atoms with van der Waals surface area (Å²) in [6.07, 6.45) is 7.71. The zero-order valence-electron chi connectivity index (χ0n) is 17.0. The Morgan fingerprint density at radius 2 is 1.85 bits per heavy atom. The van der Waals surface area contributed by atoms with Crippen LogP contribution >= 0.6 is 0 Å². The highest BCUT2D eigenvalue weighted by Gasteiger charge is 2.35. The molecule has 0 saturated carbocycles. The summed E-state index contributed by atoms with van der Waals surface area (Å²) in [7, 11) is 0. The summed E-state index contributed by atoms with van der Waals surface area (Å²) in [5, 5.41) is 15.9. The van der Waals surface area contributed by atoms with Gasteiger partial charge in [0.1, 0.15) is 6.23 Å². The van der Waals surface area contributed by atoms with Gasteiger partial charge in [0.2, 0.25) is 17.7 Å². The number of hydrogen-bond acceptors (Lipinski definition) is 5. The van der Waals surface area contributed by atoms with Crippen LogP contribution in [-0.2, 0) is 14.4 Å². The van der Waals surface area contributed by atoms with E-state index in [4.69, 9.17) is 0 Å². The third-order valence-electron chi connectivity index (χ3n) is 4.91. The highest BCUT2D eigenvalue weighted by atomic mass is 16.3. The molecule has 1 rings (SSSR count). The zero-order chi connectivity index (χ0) is 20.1. The number of rotatable bonds is 15. The second-order valence-corrected chi connectivity index (χ2v) is 7.47. The highest BCUT2D eigenvalue weighted by molar-refractivity contribution is 6.03. The normalized spacial score (nSPS) is 18.2. The third kappa shape index (κ3) is 9.86. The summed E-state index contributed by atoms with van der Waals surface area (Å²) in [5.74, 6) is -0.413. The Morgan fingerprint density at radius 3 is 2.52 bits per heavy atom. The van der Waals surface area contributed by atoms with E-state index in [2.05, 4.69) is 17.6 Å². The van der Waals surface area contributed by atoms with Crippen molar-refractivity contribution in [3.05, 3.63) is 0 Å². The van der Waals surface area contributed by atoms with Gasteiger partial charge in [-0.05, 0) is 25.8 Å². The van der Waals surface area contributed by atoms with Crippen molar-refractivity contribution in [2.75, 3.05) is 19.6 Å². The van der Waals surface area contributed by atoms with Crippen LogP contribution in [0.25, 0.3) is 0 Å². The van der Waals surface area contributed by atoms with E-state index in [0.29, 0.717) is 19.4 Å². The van der Waals surface area contributed by atoms with Crippen molar-refractivity contribution < 1.29 is 19.5 Å². The Balaban J connectivity index is 1.96. The second kappa shape index (κ2) is 13.7. The van der Waals surface area contributed by atoms with Gasteiger partial charge in [-0.25, -0.2) is 0 Å². The van der Waals surface area contributed by atoms with Gasteiger partial charge in [0, 0.05) is 38.3 Å². The number of carbonyl (C=O) groups is 3. The van der Waals surface area contributed by atoms with Crippen molar-refractivity contribution in [3.63, 3.8) is 0 Å². The number of nitrogens with zero attached hydrogens (tertiary/aromatic N) is 1. The van der Waals surface area contributed by atoms with E-state index in [1.54, 1.807) is 6.92 Å². The number of aliphatic hydroxyl groups excluding tert-OH is 1. The van der Waals surface area contributed by atoms with Gasteiger partial charge in [-0.15, -0.1) is 0 Å². The minimum Gasteiger partial charge on any atom is -0.379 e. The summed E-state index contributed by atoms with van der Waals surface area (Å²) in [5.41, 5.74) is 0. The molecule has 1 aliphatic heterocycles. The molecule has 1 saturated heterocycles. The van der Waals surface area contributed by atoms with E-state index in [1.165, 1.54) is 24.2 Å². The fourth-order valence-corrected chi connectivity index (χ4v) is 3.16. The first-order valence-electron chi connectivity index (χ1n) is 10.5. The molecule has 0 spiro atoms. The smallest absolute Gasteiger partial charge is 0.232 e. The van der Waals surface area contributed by atoms with E-state index < -0.39 is 6.23 Å². The van der Waals surface area contributed by atoms with Crippen molar-refractivity contribution in [1.29, 1.82) is 0 Å². The molecule has 0 aromatic carbocycles. The standard InChI is InChI=1S/C20H37N3O4/c1-3-4-5-8-12-21-17(24)10-7-6-9-13-22-18(25)11-14-23-19(26)15-16(2)20(23)27/h16,18,22,25H,3-15H2,1-2H3,(H,21,24). The number of hydrogen-bond donors (Lipinski definition) is 3. The van der Waals surface area contributed by atoms with Crippen LogP contribution in [0.15, 0.2) is 0 Å². The molecule has 3 amide bonds. The van der Waals surface area contributed by atoms with Gasteiger partial charge < -0.3 is 10.4 Å². The SMILES string of the molecule is CCCCCCNC(=O)CCCCCNC(O)CCN1C(=O)CC(C)C1=O. The van der Waals surface area contributed by atoms with Crippen LogP contribution in [0.4, 0.5) is 0 Å². The minimum absolute atomic E-state index is 0.119. The molecule has 0 aromatic heterocycles. The largest absolute Gasteiger partial charge is 0.379 e. The van der Waals surface area contributed by atoms with Crippen LogP contribution < -0.4 is 10.6 Å². The lowest BCUT2D eigenvalue weighted by Gasteiger charge is -2.18. The zero-order valence-corrected chi connectivity index (χ0v) is 17.0. The first-order chi connectivity index (χ1) is 13.0. The van der Waals surface area contributed by atoms with E-state index in [-0.39, 0.29) is 36.6 Å². The Bertz CT molecular complexity index is 470. The fourth-order valence-electron chi connectivity index (χ4n) is 3.16. The molecule has 1 fully saturated rings. The average Bonchev–Trinajstić information content (AvgIpc) is 2.88. The minimum atomic E-state index is -0.729. The van der Waals surface area contributed by atoms with Gasteiger partial charge in [-0.2, -0.15) is 0 Å². The van der Waals surface area contributed by atoms with Crippen LogP contribution in [0, 0.1) is 5.92 Å². The van der Waals surface area contributed by atoms with Crippen molar-refractivity contribution >= 4 is 17.7 Å². The molecule has 1 heterocycles. The van der Waals surface area contributed by atoms with Crippen molar-refractivity contribution in [2.45, 2.75) is 84.3 Å². The number of nitrogens with one attached hydrogen (secondary N) is 2. The molecular weight excluding hydrogens is 346 g/mol. The Labute approximate surface area is 163 Å². The molecule has 2 unspecified atom stereocenters. The van der Waals surface area contributed by atoms with Gasteiger partial charge in [0.05, 0.1) is 0 Å². The van der Waals surface area contributed by atoms with Crippen LogP contribution in [0.5, 0.6) is 0 Å². The maximum absolute atomic E-state index is 11.8. The fraction of sp³-hybridized carbons (Fsp3) is 0.850.